The summed E-state index contributed by atoms with van der Waals surface area (Å²) in [5.41, 5.74) is 7.67. The number of benzene rings is 1. The summed E-state index contributed by atoms with van der Waals surface area (Å²) in [6.45, 7) is 0. The van der Waals surface area contributed by atoms with Crippen molar-refractivity contribution in [3.8, 4) is 5.75 Å². The van der Waals surface area contributed by atoms with Crippen LogP contribution in [0.1, 0.15) is 11.5 Å². The van der Waals surface area contributed by atoms with Crippen LogP contribution in [0.25, 0.3) is 0 Å². The van der Waals surface area contributed by atoms with Crippen molar-refractivity contribution in [2.75, 3.05) is 7.11 Å². The third-order valence-corrected chi connectivity index (χ3v) is 3.71. The van der Waals surface area contributed by atoms with Crippen LogP contribution in [0.4, 0.5) is 0 Å². The Bertz CT molecular complexity index is 545. The van der Waals surface area contributed by atoms with Crippen molar-refractivity contribution in [2.24, 2.45) is 22.6 Å². The number of methoxy groups -OCH3 is 1. The Hall–Kier alpha value is -2.10. The number of aliphatic imine (C=N–C) groups is 1. The number of carbonyl (C=O) groups is 1. The van der Waals surface area contributed by atoms with Gasteiger partial charge in [0, 0.05) is 11.8 Å². The Morgan fingerprint density at radius 3 is 2.72 bits per heavy atom. The molecule has 0 saturated heterocycles. The highest BCUT2D eigenvalue weighted by Crippen LogP contribution is 2.62. The largest absolute Gasteiger partial charge is 0.497 e. The van der Waals surface area contributed by atoms with Crippen LogP contribution in [0.5, 0.6) is 5.75 Å². The summed E-state index contributed by atoms with van der Waals surface area (Å²) in [5.74, 6) is 1.14. The number of hydrogen-bond acceptors (Lipinski definition) is 2. The average Bonchev–Trinajstić information content (AvgIpc) is 3.04. The second kappa shape index (κ2) is 3.98. The van der Waals surface area contributed by atoms with E-state index in [0.717, 1.165) is 17.7 Å². The summed E-state index contributed by atoms with van der Waals surface area (Å²) >= 11 is 0. The summed E-state index contributed by atoms with van der Waals surface area (Å²) in [7, 11) is 1.64. The maximum absolute atomic E-state index is 11.8. The molecular weight excluding hydrogens is 228 g/mol. The lowest BCUT2D eigenvalue weighted by Gasteiger charge is -2.33. The molecule has 2 N–H and O–H groups in total. The summed E-state index contributed by atoms with van der Waals surface area (Å²) in [6, 6.07) is 7.84. The lowest BCUT2D eigenvalue weighted by atomic mass is 9.69. The first-order valence-electron chi connectivity index (χ1n) is 5.90. The molecule has 1 saturated carbocycles. The van der Waals surface area contributed by atoms with Crippen LogP contribution in [0, 0.1) is 11.8 Å². The van der Waals surface area contributed by atoms with E-state index in [1.165, 1.54) is 5.57 Å². The fourth-order valence-electron chi connectivity index (χ4n) is 2.74. The molecule has 18 heavy (non-hydrogen) atoms. The first-order valence-corrected chi connectivity index (χ1v) is 5.90. The van der Waals surface area contributed by atoms with E-state index >= 15 is 0 Å². The second-order valence-corrected chi connectivity index (χ2v) is 4.59. The minimum Gasteiger partial charge on any atom is -0.497 e. The Labute approximate surface area is 105 Å². The Kier molecular flexibility index (Phi) is 2.44. The van der Waals surface area contributed by atoms with Crippen molar-refractivity contribution in [3.05, 3.63) is 41.5 Å². The summed E-state index contributed by atoms with van der Waals surface area (Å²) in [5, 5.41) is 0. The van der Waals surface area contributed by atoms with Crippen molar-refractivity contribution >= 4 is 12.2 Å². The molecule has 0 aliphatic heterocycles. The third-order valence-electron chi connectivity index (χ3n) is 3.71. The summed E-state index contributed by atoms with van der Waals surface area (Å²) < 4.78 is 5.13. The van der Waals surface area contributed by atoms with E-state index in [9.17, 15) is 4.79 Å². The standard InChI is InChI=1S/C14H14N2O2/c1-18-9-4-2-8(3-5-9)12-10-6-11(10)13(12)14(17)16-7-15/h2-7,11-13H,1H3,(H2,15,16,17)/t11?,12-,13?/m0/s1. The first-order chi connectivity index (χ1) is 8.76. The Morgan fingerprint density at radius 1 is 1.39 bits per heavy atom. The molecule has 0 spiro atoms. The topological polar surface area (TPSA) is 64.7 Å². The monoisotopic (exact) mass is 242 g/mol. The van der Waals surface area contributed by atoms with Gasteiger partial charge in [0.05, 0.1) is 19.4 Å². The Balaban J connectivity index is 1.82. The maximum Gasteiger partial charge on any atom is 0.252 e. The fourth-order valence-corrected chi connectivity index (χ4v) is 2.74. The van der Waals surface area contributed by atoms with E-state index in [1.54, 1.807) is 7.11 Å². The number of rotatable bonds is 3. The van der Waals surface area contributed by atoms with Crippen LogP contribution >= 0.6 is 0 Å². The number of allylic oxidation sites excluding steroid dienone is 2. The van der Waals surface area contributed by atoms with Gasteiger partial charge in [0.15, 0.2) is 0 Å². The molecule has 2 aliphatic carbocycles. The van der Waals surface area contributed by atoms with Crippen LogP contribution in [-0.2, 0) is 4.79 Å². The van der Waals surface area contributed by atoms with Gasteiger partial charge >= 0.3 is 0 Å². The first kappa shape index (κ1) is 11.0. The highest BCUT2D eigenvalue weighted by Gasteiger charge is 2.56. The van der Waals surface area contributed by atoms with E-state index in [2.05, 4.69) is 11.1 Å². The van der Waals surface area contributed by atoms with Gasteiger partial charge < -0.3 is 10.5 Å². The molecule has 1 fully saturated rings. The van der Waals surface area contributed by atoms with Crippen LogP contribution in [0.3, 0.4) is 0 Å². The van der Waals surface area contributed by atoms with Crippen LogP contribution < -0.4 is 10.5 Å². The van der Waals surface area contributed by atoms with E-state index in [1.807, 2.05) is 24.3 Å². The van der Waals surface area contributed by atoms with Crippen molar-refractivity contribution in [2.45, 2.75) is 5.92 Å². The van der Waals surface area contributed by atoms with Crippen molar-refractivity contribution in [1.82, 2.24) is 0 Å². The Morgan fingerprint density at radius 2 is 2.11 bits per heavy atom. The normalized spacial score (nSPS) is 28.3. The molecule has 92 valence electrons. The van der Waals surface area contributed by atoms with Crippen molar-refractivity contribution in [3.63, 3.8) is 0 Å². The van der Waals surface area contributed by atoms with Gasteiger partial charge in [0.1, 0.15) is 5.75 Å². The molecule has 3 rings (SSSR count). The van der Waals surface area contributed by atoms with E-state index in [4.69, 9.17) is 10.5 Å². The molecule has 4 nitrogen and oxygen atoms in total. The molecule has 1 amide bonds. The molecule has 2 unspecified atom stereocenters. The van der Waals surface area contributed by atoms with E-state index in [-0.39, 0.29) is 17.7 Å². The van der Waals surface area contributed by atoms with Gasteiger partial charge in [0.2, 0.25) is 0 Å². The molecule has 2 aliphatic rings. The molecular formula is C14H14N2O2. The van der Waals surface area contributed by atoms with Gasteiger partial charge in [-0.15, -0.1) is 0 Å². The second-order valence-electron chi connectivity index (χ2n) is 4.59. The van der Waals surface area contributed by atoms with Crippen molar-refractivity contribution in [1.29, 1.82) is 0 Å². The van der Waals surface area contributed by atoms with Gasteiger partial charge in [0.25, 0.3) is 5.91 Å². The summed E-state index contributed by atoms with van der Waals surface area (Å²) in [4.78, 5) is 15.5. The zero-order chi connectivity index (χ0) is 12.7. The van der Waals surface area contributed by atoms with E-state index in [0.29, 0.717) is 5.92 Å². The fraction of sp³-hybridized carbons (Fsp3) is 0.286. The summed E-state index contributed by atoms with van der Waals surface area (Å²) in [6.07, 6.45) is 3.22. The lowest BCUT2D eigenvalue weighted by molar-refractivity contribution is -0.123. The average molecular weight is 242 g/mol. The third kappa shape index (κ3) is 1.53. The zero-order valence-electron chi connectivity index (χ0n) is 10.0. The molecule has 0 bridgehead atoms. The number of carbonyl (C=O) groups excluding carboxylic acids is 1. The number of nitrogens with two attached hydrogens (primary N) is 1. The molecule has 1 aromatic carbocycles. The number of ether oxygens (including phenoxy) is 1. The predicted octanol–water partition coefficient (Wildman–Crippen LogP) is 1.48. The molecule has 0 aromatic heterocycles. The molecule has 1 aromatic rings. The quantitative estimate of drug-likeness (QED) is 0.496. The zero-order valence-corrected chi connectivity index (χ0v) is 10.0. The van der Waals surface area contributed by atoms with Crippen molar-refractivity contribution < 1.29 is 9.53 Å². The van der Waals surface area contributed by atoms with Gasteiger partial charge in [-0.2, -0.15) is 0 Å². The molecule has 3 atom stereocenters. The molecule has 4 heteroatoms. The molecule has 0 radical (unpaired) electrons. The SMILES string of the molecule is COc1ccc([C@H]2C3=CC3C2C(=O)N=CN)cc1. The van der Waals surface area contributed by atoms with Gasteiger partial charge in [-0.25, -0.2) is 4.99 Å². The number of hydrogen-bond donors (Lipinski definition) is 1. The van der Waals surface area contributed by atoms with Gasteiger partial charge in [-0.1, -0.05) is 23.8 Å². The number of nitrogens with zero attached hydrogens (tertiary/aromatic N) is 1. The van der Waals surface area contributed by atoms with Crippen LogP contribution in [0.2, 0.25) is 0 Å². The number of amides is 1. The van der Waals surface area contributed by atoms with Crippen LogP contribution in [-0.4, -0.2) is 19.4 Å². The van der Waals surface area contributed by atoms with Gasteiger partial charge in [-0.05, 0) is 17.7 Å². The maximum atomic E-state index is 11.8. The smallest absolute Gasteiger partial charge is 0.252 e. The highest BCUT2D eigenvalue weighted by atomic mass is 16.5. The number of fused-ring (bicyclic) bond motifs is 1. The minimum atomic E-state index is -0.124. The molecule has 0 heterocycles. The van der Waals surface area contributed by atoms with Crippen LogP contribution in [0.15, 0.2) is 40.9 Å². The predicted molar refractivity (Wildman–Crippen MR) is 68.5 cm³/mol. The highest BCUT2D eigenvalue weighted by molar-refractivity contribution is 5.91. The van der Waals surface area contributed by atoms with Gasteiger partial charge in [-0.3, -0.25) is 4.79 Å². The lowest BCUT2D eigenvalue weighted by Crippen LogP contribution is -2.33. The minimum absolute atomic E-state index is 0.0619. The van der Waals surface area contributed by atoms with E-state index < -0.39 is 0 Å².